The van der Waals surface area contributed by atoms with E-state index in [-0.39, 0.29) is 6.10 Å². The summed E-state index contributed by atoms with van der Waals surface area (Å²) in [4.78, 5) is 0. The lowest BCUT2D eigenvalue weighted by molar-refractivity contribution is -0.0788. The van der Waals surface area contributed by atoms with Gasteiger partial charge < -0.3 is 9.47 Å². The normalized spacial score (nSPS) is 10.8. The summed E-state index contributed by atoms with van der Waals surface area (Å²) in [6.45, 7) is 7.42. The fourth-order valence-electron chi connectivity index (χ4n) is 0.490. The molecule has 0 aliphatic rings. The molecule has 0 bridgehead atoms. The van der Waals surface area contributed by atoms with Gasteiger partial charge in [0, 0.05) is 6.61 Å². The van der Waals surface area contributed by atoms with Gasteiger partial charge in [0.1, 0.15) is 6.79 Å². The Balaban J connectivity index is 2.77. The summed E-state index contributed by atoms with van der Waals surface area (Å²) in [7, 11) is 0. The maximum atomic E-state index is 5.17. The van der Waals surface area contributed by atoms with Crippen molar-refractivity contribution in [2.75, 3.05) is 13.4 Å². The molecule has 10 heavy (non-hydrogen) atoms. The molecule has 2 nitrogen and oxygen atoms in total. The fraction of sp³-hybridized carbons (Fsp3) is 1.00. The van der Waals surface area contributed by atoms with Crippen LogP contribution in [0.3, 0.4) is 0 Å². The van der Waals surface area contributed by atoms with Gasteiger partial charge in [-0.3, -0.25) is 0 Å². The summed E-state index contributed by atoms with van der Waals surface area (Å²) in [5.41, 5.74) is 0. The zero-order valence-corrected chi connectivity index (χ0v) is 7.22. The standard InChI is InChI=1S/C8H18O2/c1-4-5-6-9-7-10-8(2)3/h8H,4-7H2,1-3H3. The maximum absolute atomic E-state index is 5.17. The largest absolute Gasteiger partial charge is 0.355 e. The van der Waals surface area contributed by atoms with E-state index in [1.807, 2.05) is 13.8 Å². The quantitative estimate of drug-likeness (QED) is 0.422. The molecule has 0 aromatic heterocycles. The smallest absolute Gasteiger partial charge is 0.147 e. The van der Waals surface area contributed by atoms with Gasteiger partial charge in [-0.25, -0.2) is 0 Å². The Hall–Kier alpha value is -0.0800. The Labute approximate surface area is 63.5 Å². The van der Waals surface area contributed by atoms with Crippen LogP contribution in [0.2, 0.25) is 0 Å². The summed E-state index contributed by atoms with van der Waals surface area (Å²) < 4.78 is 10.3. The third kappa shape index (κ3) is 7.92. The highest BCUT2D eigenvalue weighted by Crippen LogP contribution is 1.91. The lowest BCUT2D eigenvalue weighted by atomic mass is 10.4. The van der Waals surface area contributed by atoms with E-state index in [2.05, 4.69) is 6.92 Å². The van der Waals surface area contributed by atoms with E-state index in [1.165, 1.54) is 6.42 Å². The third-order valence-electron chi connectivity index (χ3n) is 1.13. The van der Waals surface area contributed by atoms with Crippen molar-refractivity contribution in [1.82, 2.24) is 0 Å². The van der Waals surface area contributed by atoms with Crippen LogP contribution in [0, 0.1) is 0 Å². The lowest BCUT2D eigenvalue weighted by Crippen LogP contribution is -2.07. The van der Waals surface area contributed by atoms with E-state index >= 15 is 0 Å². The van der Waals surface area contributed by atoms with Crippen LogP contribution in [0.1, 0.15) is 33.6 Å². The lowest BCUT2D eigenvalue weighted by Gasteiger charge is -2.06. The van der Waals surface area contributed by atoms with Crippen molar-refractivity contribution in [3.05, 3.63) is 0 Å². The number of hydrogen-bond donors (Lipinski definition) is 0. The zero-order chi connectivity index (χ0) is 7.82. The number of hydrogen-bond acceptors (Lipinski definition) is 2. The van der Waals surface area contributed by atoms with Crippen molar-refractivity contribution in [2.24, 2.45) is 0 Å². The molecule has 0 N–H and O–H groups in total. The van der Waals surface area contributed by atoms with E-state index in [1.54, 1.807) is 0 Å². The topological polar surface area (TPSA) is 18.5 Å². The van der Waals surface area contributed by atoms with Crippen LogP contribution in [0.25, 0.3) is 0 Å². The predicted molar refractivity (Wildman–Crippen MR) is 41.9 cm³/mol. The molecule has 2 heteroatoms. The summed E-state index contributed by atoms with van der Waals surface area (Å²) in [5.74, 6) is 0. The zero-order valence-electron chi connectivity index (χ0n) is 7.22. The van der Waals surface area contributed by atoms with Gasteiger partial charge in [0.05, 0.1) is 6.10 Å². The van der Waals surface area contributed by atoms with E-state index < -0.39 is 0 Å². The van der Waals surface area contributed by atoms with E-state index in [4.69, 9.17) is 9.47 Å². The van der Waals surface area contributed by atoms with Gasteiger partial charge in [-0.1, -0.05) is 13.3 Å². The number of unbranched alkanes of at least 4 members (excludes halogenated alkanes) is 1. The minimum atomic E-state index is 0.279. The molecule has 0 aromatic rings. The van der Waals surface area contributed by atoms with Crippen LogP contribution in [0.5, 0.6) is 0 Å². The molecule has 0 fully saturated rings. The first kappa shape index (κ1) is 9.92. The second-order valence-electron chi connectivity index (χ2n) is 2.60. The van der Waals surface area contributed by atoms with Crippen LogP contribution in [0.4, 0.5) is 0 Å². The average molecular weight is 146 g/mol. The molecule has 0 spiro atoms. The summed E-state index contributed by atoms with van der Waals surface area (Å²) in [6.07, 6.45) is 2.59. The number of rotatable bonds is 6. The van der Waals surface area contributed by atoms with E-state index in [9.17, 15) is 0 Å². The molecule has 0 aromatic carbocycles. The van der Waals surface area contributed by atoms with E-state index in [0.29, 0.717) is 6.79 Å². The second-order valence-corrected chi connectivity index (χ2v) is 2.60. The van der Waals surface area contributed by atoms with Gasteiger partial charge in [0.25, 0.3) is 0 Å². The first-order valence-corrected chi connectivity index (χ1v) is 3.96. The minimum Gasteiger partial charge on any atom is -0.355 e. The highest BCUT2D eigenvalue weighted by Gasteiger charge is 1.90. The van der Waals surface area contributed by atoms with E-state index in [0.717, 1.165) is 13.0 Å². The van der Waals surface area contributed by atoms with Crippen molar-refractivity contribution in [3.63, 3.8) is 0 Å². The Morgan fingerprint density at radius 1 is 1.30 bits per heavy atom. The van der Waals surface area contributed by atoms with Crippen molar-refractivity contribution < 1.29 is 9.47 Å². The summed E-state index contributed by atoms with van der Waals surface area (Å²) in [6, 6.07) is 0. The second kappa shape index (κ2) is 7.03. The fourth-order valence-corrected chi connectivity index (χ4v) is 0.490. The van der Waals surface area contributed by atoms with Crippen molar-refractivity contribution >= 4 is 0 Å². The van der Waals surface area contributed by atoms with Gasteiger partial charge >= 0.3 is 0 Å². The first-order chi connectivity index (χ1) is 4.77. The maximum Gasteiger partial charge on any atom is 0.147 e. The molecule has 0 rings (SSSR count). The van der Waals surface area contributed by atoms with Gasteiger partial charge in [0.2, 0.25) is 0 Å². The highest BCUT2D eigenvalue weighted by molar-refractivity contribution is 4.32. The SMILES string of the molecule is CCCCOCOC(C)C. The molecule has 0 saturated heterocycles. The Bertz CT molecular complexity index is 62.3. The van der Waals surface area contributed by atoms with Crippen molar-refractivity contribution in [3.8, 4) is 0 Å². The van der Waals surface area contributed by atoms with Gasteiger partial charge in [-0.15, -0.1) is 0 Å². The number of ether oxygens (including phenoxy) is 2. The van der Waals surface area contributed by atoms with Crippen LogP contribution in [0.15, 0.2) is 0 Å². The molecule has 0 aliphatic heterocycles. The van der Waals surface area contributed by atoms with Crippen molar-refractivity contribution in [1.29, 1.82) is 0 Å². The molecular formula is C8H18O2. The van der Waals surface area contributed by atoms with Gasteiger partial charge in [-0.05, 0) is 20.3 Å². The monoisotopic (exact) mass is 146 g/mol. The Kier molecular flexibility index (Phi) is 6.98. The highest BCUT2D eigenvalue weighted by atomic mass is 16.7. The Morgan fingerprint density at radius 2 is 2.00 bits per heavy atom. The molecular weight excluding hydrogens is 128 g/mol. The van der Waals surface area contributed by atoms with Crippen molar-refractivity contribution in [2.45, 2.75) is 39.7 Å². The predicted octanol–water partition coefficient (Wildman–Crippen LogP) is 2.19. The van der Waals surface area contributed by atoms with Crippen LogP contribution in [-0.4, -0.2) is 19.5 Å². The molecule has 0 atom stereocenters. The molecule has 0 unspecified atom stereocenters. The Morgan fingerprint density at radius 3 is 2.50 bits per heavy atom. The van der Waals surface area contributed by atoms with Crippen LogP contribution < -0.4 is 0 Å². The molecule has 0 saturated carbocycles. The molecule has 0 heterocycles. The van der Waals surface area contributed by atoms with Crippen LogP contribution in [-0.2, 0) is 9.47 Å². The summed E-state index contributed by atoms with van der Waals surface area (Å²) >= 11 is 0. The minimum absolute atomic E-state index is 0.279. The van der Waals surface area contributed by atoms with Crippen LogP contribution >= 0.6 is 0 Å². The third-order valence-corrected chi connectivity index (χ3v) is 1.13. The molecule has 62 valence electrons. The molecule has 0 radical (unpaired) electrons. The molecule has 0 aliphatic carbocycles. The average Bonchev–Trinajstić information content (AvgIpc) is 1.87. The first-order valence-electron chi connectivity index (χ1n) is 3.96. The molecule has 0 amide bonds. The van der Waals surface area contributed by atoms with Gasteiger partial charge in [-0.2, -0.15) is 0 Å². The van der Waals surface area contributed by atoms with Gasteiger partial charge in [0.15, 0.2) is 0 Å². The summed E-state index contributed by atoms with van der Waals surface area (Å²) in [5, 5.41) is 0.